The summed E-state index contributed by atoms with van der Waals surface area (Å²) < 4.78 is 0. The highest BCUT2D eigenvalue weighted by Crippen LogP contribution is 2.16. The van der Waals surface area contributed by atoms with Crippen molar-refractivity contribution in [2.75, 3.05) is 26.2 Å². The molecule has 120 valence electrons. The van der Waals surface area contributed by atoms with E-state index in [1.54, 1.807) is 19.1 Å². The summed E-state index contributed by atoms with van der Waals surface area (Å²) in [5.74, 6) is 0.169. The van der Waals surface area contributed by atoms with Crippen LogP contribution in [0.4, 0.5) is 0 Å². The number of H-pyrrole nitrogens is 1. The Balaban J connectivity index is 1.83. The molecule has 1 fully saturated rings. The average molecular weight is 303 g/mol. The number of likely N-dealkylation sites (tertiary alicyclic amines) is 1. The lowest BCUT2D eigenvalue weighted by Gasteiger charge is -2.16. The van der Waals surface area contributed by atoms with Crippen LogP contribution in [0.25, 0.3) is 0 Å². The van der Waals surface area contributed by atoms with E-state index in [2.05, 4.69) is 35.1 Å². The van der Waals surface area contributed by atoms with Crippen LogP contribution in [0.3, 0.4) is 0 Å². The molecule has 1 saturated heterocycles. The van der Waals surface area contributed by atoms with E-state index in [9.17, 15) is 9.59 Å². The minimum atomic E-state index is -0.325. The third-order valence-electron chi connectivity index (χ3n) is 4.19. The van der Waals surface area contributed by atoms with Crippen molar-refractivity contribution in [3.8, 4) is 0 Å². The van der Waals surface area contributed by atoms with Gasteiger partial charge in [-0.3, -0.25) is 14.5 Å². The fourth-order valence-corrected chi connectivity index (χ4v) is 2.75. The predicted octanol–water partition coefficient (Wildman–Crippen LogP) is 1.70. The van der Waals surface area contributed by atoms with Gasteiger partial charge in [0.25, 0.3) is 11.5 Å². The molecular weight excluding hydrogens is 278 g/mol. The first-order valence-electron chi connectivity index (χ1n) is 7.82. The number of nitrogens with one attached hydrogen (secondary N) is 2. The number of carbonyl (C=O) groups excluding carboxylic acids is 1. The normalized spacial score (nSPS) is 19.4. The highest BCUT2D eigenvalue weighted by molar-refractivity contribution is 5.93. The molecule has 1 aromatic heterocycles. The number of amides is 1. The Morgan fingerprint density at radius 2 is 2.27 bits per heavy atom. The summed E-state index contributed by atoms with van der Waals surface area (Å²) in [6, 6.07) is 3.33. The van der Waals surface area contributed by atoms with Crippen molar-refractivity contribution in [3.05, 3.63) is 45.4 Å². The monoisotopic (exact) mass is 303 g/mol. The van der Waals surface area contributed by atoms with Crippen LogP contribution in [0, 0.1) is 12.8 Å². The van der Waals surface area contributed by atoms with E-state index < -0.39 is 0 Å². The Kier molecular flexibility index (Phi) is 5.55. The van der Waals surface area contributed by atoms with Gasteiger partial charge in [0, 0.05) is 25.3 Å². The maximum Gasteiger partial charge on any atom is 0.260 e. The smallest absolute Gasteiger partial charge is 0.260 e. The fraction of sp³-hybridized carbons (Fsp3) is 0.529. The summed E-state index contributed by atoms with van der Waals surface area (Å²) in [5, 5.41) is 2.89. The fourth-order valence-electron chi connectivity index (χ4n) is 2.75. The van der Waals surface area contributed by atoms with Gasteiger partial charge in [0.2, 0.25) is 0 Å². The first-order valence-corrected chi connectivity index (χ1v) is 7.82. The number of carbonyl (C=O) groups is 1. The second-order valence-electron chi connectivity index (χ2n) is 6.12. The van der Waals surface area contributed by atoms with Crippen LogP contribution in [-0.4, -0.2) is 42.0 Å². The van der Waals surface area contributed by atoms with Crippen LogP contribution in [0.5, 0.6) is 0 Å². The average Bonchev–Trinajstić information content (AvgIpc) is 2.92. The van der Waals surface area contributed by atoms with Crippen LogP contribution < -0.4 is 10.9 Å². The Morgan fingerprint density at radius 3 is 2.95 bits per heavy atom. The van der Waals surface area contributed by atoms with Crippen LogP contribution >= 0.6 is 0 Å². The predicted molar refractivity (Wildman–Crippen MR) is 88.1 cm³/mol. The minimum absolute atomic E-state index is 0.185. The maximum absolute atomic E-state index is 12.1. The second-order valence-corrected chi connectivity index (χ2v) is 6.12. The molecular formula is C17H25N3O2. The molecule has 2 heterocycles. The zero-order valence-corrected chi connectivity index (χ0v) is 13.6. The topological polar surface area (TPSA) is 65.2 Å². The van der Waals surface area contributed by atoms with Gasteiger partial charge in [-0.05, 0) is 51.8 Å². The Hall–Kier alpha value is -1.88. The largest absolute Gasteiger partial charge is 0.352 e. The number of aromatic amines is 1. The molecule has 1 aliphatic rings. The molecule has 0 aliphatic carbocycles. The molecule has 1 amide bonds. The Bertz CT molecular complexity index is 619. The lowest BCUT2D eigenvalue weighted by molar-refractivity contribution is 0.0946. The zero-order chi connectivity index (χ0) is 16.1. The van der Waals surface area contributed by atoms with E-state index in [1.165, 1.54) is 5.57 Å². The first-order chi connectivity index (χ1) is 10.5. The van der Waals surface area contributed by atoms with Gasteiger partial charge < -0.3 is 10.3 Å². The summed E-state index contributed by atoms with van der Waals surface area (Å²) in [7, 11) is 0. The summed E-state index contributed by atoms with van der Waals surface area (Å²) in [4.78, 5) is 28.9. The molecule has 1 aromatic rings. The zero-order valence-electron chi connectivity index (χ0n) is 13.6. The van der Waals surface area contributed by atoms with Gasteiger partial charge in [0.1, 0.15) is 5.56 Å². The molecule has 5 nitrogen and oxygen atoms in total. The Morgan fingerprint density at radius 1 is 1.50 bits per heavy atom. The molecule has 0 spiro atoms. The second kappa shape index (κ2) is 7.40. The van der Waals surface area contributed by atoms with Crippen LogP contribution in [0.15, 0.2) is 28.6 Å². The molecule has 0 saturated carbocycles. The molecule has 0 radical (unpaired) electrons. The summed E-state index contributed by atoms with van der Waals surface area (Å²) in [6.07, 6.45) is 3.22. The van der Waals surface area contributed by atoms with E-state index in [-0.39, 0.29) is 17.0 Å². The number of aryl methyl sites for hydroxylation is 1. The third kappa shape index (κ3) is 4.31. The number of hydrogen-bond donors (Lipinski definition) is 2. The maximum atomic E-state index is 12.1. The van der Waals surface area contributed by atoms with Crippen molar-refractivity contribution in [2.24, 2.45) is 5.92 Å². The summed E-state index contributed by atoms with van der Waals surface area (Å²) in [5.41, 5.74) is 1.99. The molecule has 1 unspecified atom stereocenters. The summed E-state index contributed by atoms with van der Waals surface area (Å²) >= 11 is 0. The van der Waals surface area contributed by atoms with Crippen molar-refractivity contribution < 1.29 is 4.79 Å². The molecule has 2 rings (SSSR count). The standard InChI is InChI=1S/C17H25N3O2/c1-4-12(2)10-20-8-7-14(11-20)9-18-16(21)15-6-5-13(3)19-17(15)22/h4-6,14H,7-11H2,1-3H3,(H,18,21)(H,19,22)/b12-4+. The van der Waals surface area contributed by atoms with Crippen molar-refractivity contribution in [2.45, 2.75) is 27.2 Å². The van der Waals surface area contributed by atoms with Crippen LogP contribution in [0.1, 0.15) is 36.3 Å². The van der Waals surface area contributed by atoms with Gasteiger partial charge in [-0.2, -0.15) is 0 Å². The highest BCUT2D eigenvalue weighted by atomic mass is 16.2. The number of rotatable bonds is 5. The van der Waals surface area contributed by atoms with E-state index in [0.717, 1.165) is 31.7 Å². The SMILES string of the molecule is C/C=C(\C)CN1CCC(CNC(=O)c2ccc(C)[nH]c2=O)C1. The van der Waals surface area contributed by atoms with E-state index >= 15 is 0 Å². The van der Waals surface area contributed by atoms with Gasteiger partial charge in [0.05, 0.1) is 0 Å². The van der Waals surface area contributed by atoms with Crippen molar-refractivity contribution in [1.82, 2.24) is 15.2 Å². The highest BCUT2D eigenvalue weighted by Gasteiger charge is 2.23. The van der Waals surface area contributed by atoms with E-state index in [4.69, 9.17) is 0 Å². The van der Waals surface area contributed by atoms with Gasteiger partial charge in [-0.25, -0.2) is 0 Å². The molecule has 22 heavy (non-hydrogen) atoms. The van der Waals surface area contributed by atoms with Gasteiger partial charge in [-0.1, -0.05) is 11.6 Å². The molecule has 2 N–H and O–H groups in total. The first kappa shape index (κ1) is 16.5. The van der Waals surface area contributed by atoms with Crippen molar-refractivity contribution >= 4 is 5.91 Å². The van der Waals surface area contributed by atoms with Gasteiger partial charge >= 0.3 is 0 Å². The number of pyridine rings is 1. The summed E-state index contributed by atoms with van der Waals surface area (Å²) in [6.45, 7) is 9.67. The van der Waals surface area contributed by atoms with Crippen molar-refractivity contribution in [1.29, 1.82) is 0 Å². The quantitative estimate of drug-likeness (QED) is 0.814. The minimum Gasteiger partial charge on any atom is -0.352 e. The number of allylic oxidation sites excluding steroid dienone is 1. The molecule has 0 aromatic carbocycles. The Labute approximate surface area is 131 Å². The third-order valence-corrected chi connectivity index (χ3v) is 4.19. The molecule has 0 bridgehead atoms. The van der Waals surface area contributed by atoms with E-state index in [0.29, 0.717) is 12.5 Å². The van der Waals surface area contributed by atoms with E-state index in [1.807, 2.05) is 0 Å². The lowest BCUT2D eigenvalue weighted by atomic mass is 10.1. The number of aromatic nitrogens is 1. The van der Waals surface area contributed by atoms with Gasteiger partial charge in [0.15, 0.2) is 0 Å². The molecule has 5 heteroatoms. The van der Waals surface area contributed by atoms with Crippen LogP contribution in [-0.2, 0) is 0 Å². The number of hydrogen-bond acceptors (Lipinski definition) is 3. The molecule has 1 aliphatic heterocycles. The van der Waals surface area contributed by atoms with Crippen LogP contribution in [0.2, 0.25) is 0 Å². The lowest BCUT2D eigenvalue weighted by Crippen LogP contribution is -2.34. The number of nitrogens with zero attached hydrogens (tertiary/aromatic N) is 1. The van der Waals surface area contributed by atoms with Crippen molar-refractivity contribution in [3.63, 3.8) is 0 Å². The molecule has 1 atom stereocenters. The van der Waals surface area contributed by atoms with Gasteiger partial charge in [-0.15, -0.1) is 0 Å².